The Morgan fingerprint density at radius 3 is 2.44 bits per heavy atom. The SMILES string of the molecule is COc1ccc(N2CC3(CCN(C(=O)c4ccc(F)cc4)C3)CC2=O)cc1. The molecule has 0 radical (unpaired) electrons. The second-order valence-electron chi connectivity index (χ2n) is 7.34. The van der Waals surface area contributed by atoms with Gasteiger partial charge in [0.1, 0.15) is 11.6 Å². The van der Waals surface area contributed by atoms with E-state index in [4.69, 9.17) is 4.74 Å². The highest BCUT2D eigenvalue weighted by molar-refractivity contribution is 5.97. The van der Waals surface area contributed by atoms with Crippen molar-refractivity contribution in [2.75, 3.05) is 31.6 Å². The molecule has 6 heteroatoms. The van der Waals surface area contributed by atoms with Crippen LogP contribution in [0.1, 0.15) is 23.2 Å². The van der Waals surface area contributed by atoms with Crippen LogP contribution < -0.4 is 9.64 Å². The molecule has 2 amide bonds. The Balaban J connectivity index is 1.48. The molecule has 0 N–H and O–H groups in total. The Morgan fingerprint density at radius 2 is 1.78 bits per heavy atom. The topological polar surface area (TPSA) is 49.9 Å². The molecule has 140 valence electrons. The van der Waals surface area contributed by atoms with Gasteiger partial charge in [0.2, 0.25) is 5.91 Å². The summed E-state index contributed by atoms with van der Waals surface area (Å²) >= 11 is 0. The molecule has 5 nitrogen and oxygen atoms in total. The molecule has 1 atom stereocenters. The minimum atomic E-state index is -0.360. The quantitative estimate of drug-likeness (QED) is 0.837. The molecule has 2 heterocycles. The van der Waals surface area contributed by atoms with Crippen molar-refractivity contribution < 1.29 is 18.7 Å². The van der Waals surface area contributed by atoms with Gasteiger partial charge in [-0.15, -0.1) is 0 Å². The number of hydrogen-bond acceptors (Lipinski definition) is 3. The molecule has 1 spiro atoms. The van der Waals surface area contributed by atoms with Crippen LogP contribution in [0.25, 0.3) is 0 Å². The predicted molar refractivity (Wildman–Crippen MR) is 99.3 cm³/mol. The number of amides is 2. The van der Waals surface area contributed by atoms with Crippen molar-refractivity contribution in [1.82, 2.24) is 4.90 Å². The molecule has 0 bridgehead atoms. The third-order valence-electron chi connectivity index (χ3n) is 5.52. The monoisotopic (exact) mass is 368 g/mol. The minimum absolute atomic E-state index is 0.0799. The molecule has 2 saturated heterocycles. The Labute approximate surface area is 157 Å². The van der Waals surface area contributed by atoms with E-state index < -0.39 is 0 Å². The maximum Gasteiger partial charge on any atom is 0.253 e. The molecule has 2 aromatic rings. The summed E-state index contributed by atoms with van der Waals surface area (Å²) in [5.41, 5.74) is 1.11. The fourth-order valence-corrected chi connectivity index (χ4v) is 4.05. The van der Waals surface area contributed by atoms with Crippen molar-refractivity contribution in [2.24, 2.45) is 5.41 Å². The molecule has 2 fully saturated rings. The van der Waals surface area contributed by atoms with E-state index in [2.05, 4.69) is 0 Å². The Kier molecular flexibility index (Phi) is 4.34. The summed E-state index contributed by atoms with van der Waals surface area (Å²) in [7, 11) is 1.61. The average Bonchev–Trinajstić information content (AvgIpc) is 3.25. The third kappa shape index (κ3) is 3.27. The highest BCUT2D eigenvalue weighted by Crippen LogP contribution is 2.42. The summed E-state index contributed by atoms with van der Waals surface area (Å²) < 4.78 is 18.3. The molecule has 0 aliphatic carbocycles. The minimum Gasteiger partial charge on any atom is -0.497 e. The van der Waals surface area contributed by atoms with Gasteiger partial charge in [-0.25, -0.2) is 4.39 Å². The molecule has 0 saturated carbocycles. The standard InChI is InChI=1S/C21H21FN2O3/c1-27-18-8-6-17(7-9-18)24-14-21(12-19(24)25)10-11-23(13-21)20(26)15-2-4-16(22)5-3-15/h2-9H,10-14H2,1H3. The van der Waals surface area contributed by atoms with Crippen LogP contribution in [0.4, 0.5) is 10.1 Å². The van der Waals surface area contributed by atoms with Crippen molar-refractivity contribution in [3.63, 3.8) is 0 Å². The molecule has 0 aromatic heterocycles. The first-order chi connectivity index (χ1) is 13.0. The van der Waals surface area contributed by atoms with E-state index in [1.807, 2.05) is 24.3 Å². The zero-order chi connectivity index (χ0) is 19.0. The lowest BCUT2D eigenvalue weighted by atomic mass is 9.86. The molecular weight excluding hydrogens is 347 g/mol. The van der Waals surface area contributed by atoms with Gasteiger partial charge in [0.15, 0.2) is 0 Å². The fourth-order valence-electron chi connectivity index (χ4n) is 4.05. The van der Waals surface area contributed by atoms with Crippen LogP contribution in [0.15, 0.2) is 48.5 Å². The zero-order valence-corrected chi connectivity index (χ0v) is 15.2. The summed E-state index contributed by atoms with van der Waals surface area (Å²) in [6.45, 7) is 1.76. The Hall–Kier alpha value is -2.89. The molecular formula is C21H21FN2O3. The fraction of sp³-hybridized carbons (Fsp3) is 0.333. The number of carbonyl (C=O) groups is 2. The highest BCUT2D eigenvalue weighted by Gasteiger charge is 2.48. The van der Waals surface area contributed by atoms with Crippen molar-refractivity contribution in [3.8, 4) is 5.75 Å². The van der Waals surface area contributed by atoms with Gasteiger partial charge in [0.25, 0.3) is 5.91 Å². The number of nitrogens with zero attached hydrogens (tertiary/aromatic N) is 2. The Bertz CT molecular complexity index is 866. The van der Waals surface area contributed by atoms with Crippen LogP contribution in [0.3, 0.4) is 0 Å². The summed E-state index contributed by atoms with van der Waals surface area (Å²) in [5.74, 6) is 0.358. The number of ether oxygens (including phenoxy) is 1. The maximum absolute atomic E-state index is 13.1. The third-order valence-corrected chi connectivity index (χ3v) is 5.52. The smallest absolute Gasteiger partial charge is 0.253 e. The van der Waals surface area contributed by atoms with Crippen molar-refractivity contribution in [1.29, 1.82) is 0 Å². The van der Waals surface area contributed by atoms with E-state index in [0.717, 1.165) is 17.9 Å². The lowest BCUT2D eigenvalue weighted by Gasteiger charge is -2.24. The number of hydrogen-bond donors (Lipinski definition) is 0. The number of benzene rings is 2. The zero-order valence-electron chi connectivity index (χ0n) is 15.2. The number of carbonyl (C=O) groups excluding carboxylic acids is 2. The van der Waals surface area contributed by atoms with Gasteiger partial charge in [-0.3, -0.25) is 9.59 Å². The van der Waals surface area contributed by atoms with Gasteiger partial charge < -0.3 is 14.5 Å². The highest BCUT2D eigenvalue weighted by atomic mass is 19.1. The Morgan fingerprint density at radius 1 is 1.07 bits per heavy atom. The number of rotatable bonds is 3. The van der Waals surface area contributed by atoms with E-state index in [-0.39, 0.29) is 23.0 Å². The van der Waals surface area contributed by atoms with Crippen LogP contribution in [0.2, 0.25) is 0 Å². The second kappa shape index (κ2) is 6.68. The summed E-state index contributed by atoms with van der Waals surface area (Å²) in [6.07, 6.45) is 1.23. The van der Waals surface area contributed by atoms with Crippen molar-refractivity contribution >= 4 is 17.5 Å². The molecule has 4 rings (SSSR count). The van der Waals surface area contributed by atoms with Gasteiger partial charge in [0, 0.05) is 42.7 Å². The normalized spacial score (nSPS) is 21.9. The molecule has 27 heavy (non-hydrogen) atoms. The number of anilines is 1. The summed E-state index contributed by atoms with van der Waals surface area (Å²) in [6, 6.07) is 13.0. The van der Waals surface area contributed by atoms with Crippen LogP contribution in [0, 0.1) is 11.2 Å². The lowest BCUT2D eigenvalue weighted by molar-refractivity contribution is -0.117. The van der Waals surface area contributed by atoms with E-state index in [9.17, 15) is 14.0 Å². The molecule has 2 aliphatic rings. The van der Waals surface area contributed by atoms with Crippen LogP contribution in [-0.2, 0) is 4.79 Å². The predicted octanol–water partition coefficient (Wildman–Crippen LogP) is 3.10. The molecule has 2 aromatic carbocycles. The van der Waals surface area contributed by atoms with Crippen LogP contribution in [-0.4, -0.2) is 43.5 Å². The van der Waals surface area contributed by atoms with E-state index >= 15 is 0 Å². The van der Waals surface area contributed by atoms with Gasteiger partial charge >= 0.3 is 0 Å². The van der Waals surface area contributed by atoms with Crippen LogP contribution in [0.5, 0.6) is 5.75 Å². The number of halogens is 1. The van der Waals surface area contributed by atoms with Crippen LogP contribution >= 0.6 is 0 Å². The van der Waals surface area contributed by atoms with Crippen molar-refractivity contribution in [2.45, 2.75) is 12.8 Å². The molecule has 1 unspecified atom stereocenters. The van der Waals surface area contributed by atoms with Gasteiger partial charge in [-0.05, 0) is 55.0 Å². The number of methoxy groups -OCH3 is 1. The van der Waals surface area contributed by atoms with Crippen molar-refractivity contribution in [3.05, 3.63) is 59.9 Å². The second-order valence-corrected chi connectivity index (χ2v) is 7.34. The lowest BCUT2D eigenvalue weighted by Crippen LogP contribution is -2.34. The summed E-state index contributed by atoms with van der Waals surface area (Å²) in [4.78, 5) is 28.9. The van der Waals surface area contributed by atoms with Gasteiger partial charge in [-0.1, -0.05) is 0 Å². The summed E-state index contributed by atoms with van der Waals surface area (Å²) in [5, 5.41) is 0. The average molecular weight is 368 g/mol. The maximum atomic E-state index is 13.1. The van der Waals surface area contributed by atoms with E-state index in [1.165, 1.54) is 24.3 Å². The number of likely N-dealkylation sites (tertiary alicyclic amines) is 1. The first-order valence-electron chi connectivity index (χ1n) is 8.99. The van der Waals surface area contributed by atoms with E-state index in [1.54, 1.807) is 16.9 Å². The molecule has 2 aliphatic heterocycles. The van der Waals surface area contributed by atoms with E-state index in [0.29, 0.717) is 31.6 Å². The van der Waals surface area contributed by atoms with Gasteiger partial charge in [0.05, 0.1) is 7.11 Å². The first-order valence-corrected chi connectivity index (χ1v) is 8.99. The largest absolute Gasteiger partial charge is 0.497 e. The van der Waals surface area contributed by atoms with Gasteiger partial charge in [-0.2, -0.15) is 0 Å². The first kappa shape index (κ1) is 17.5.